The van der Waals surface area contributed by atoms with Crippen molar-refractivity contribution >= 4 is 17.7 Å². The van der Waals surface area contributed by atoms with Crippen LogP contribution in [0.5, 0.6) is 0 Å². The van der Waals surface area contributed by atoms with Crippen LogP contribution in [-0.2, 0) is 14.4 Å². The third kappa shape index (κ3) is 6.18. The minimum atomic E-state index is -0.735. The van der Waals surface area contributed by atoms with Gasteiger partial charge >= 0.3 is 0 Å². The normalized spacial score (nSPS) is 36.1. The first-order valence-electron chi connectivity index (χ1n) is 16.4. The van der Waals surface area contributed by atoms with Gasteiger partial charge in [-0.3, -0.25) is 14.4 Å². The molecule has 3 saturated carbocycles. The Morgan fingerprint density at radius 2 is 1.59 bits per heavy atom. The van der Waals surface area contributed by atoms with Crippen LogP contribution in [0.4, 0.5) is 0 Å². The lowest BCUT2D eigenvalue weighted by atomic mass is 9.81. The molecular formula is C33H54N4O4. The van der Waals surface area contributed by atoms with E-state index < -0.39 is 18.2 Å². The van der Waals surface area contributed by atoms with E-state index in [2.05, 4.69) is 15.1 Å². The van der Waals surface area contributed by atoms with Crippen LogP contribution in [0.1, 0.15) is 110 Å². The van der Waals surface area contributed by atoms with Crippen LogP contribution in [0.2, 0.25) is 0 Å². The number of rotatable bonds is 5. The van der Waals surface area contributed by atoms with Crippen LogP contribution in [0.3, 0.4) is 0 Å². The lowest BCUT2D eigenvalue weighted by Crippen LogP contribution is -2.56. The van der Waals surface area contributed by atoms with Crippen molar-refractivity contribution in [3.05, 3.63) is 11.8 Å². The monoisotopic (exact) mass is 570 g/mol. The Morgan fingerprint density at radius 1 is 0.902 bits per heavy atom. The molecule has 6 unspecified atom stereocenters. The molecule has 2 N–H and O–H groups in total. The highest BCUT2D eigenvalue weighted by molar-refractivity contribution is 5.99. The number of carbonyl (C=O) groups is 3. The van der Waals surface area contributed by atoms with E-state index in [0.717, 1.165) is 44.2 Å². The molecule has 230 valence electrons. The minimum Gasteiger partial charge on any atom is -0.391 e. The Labute approximate surface area is 247 Å². The van der Waals surface area contributed by atoms with Crippen LogP contribution in [-0.4, -0.2) is 87.9 Å². The zero-order valence-corrected chi connectivity index (χ0v) is 24.4. The predicted molar refractivity (Wildman–Crippen MR) is 160 cm³/mol. The minimum absolute atomic E-state index is 0. The smallest absolute Gasteiger partial charge is 0.252 e. The van der Waals surface area contributed by atoms with Crippen molar-refractivity contribution in [2.45, 2.75) is 140 Å². The Kier molecular flexibility index (Phi) is 9.67. The number of likely N-dealkylation sites (tertiary alicyclic amines) is 2. The third-order valence-corrected chi connectivity index (χ3v) is 11.3. The van der Waals surface area contributed by atoms with Gasteiger partial charge in [-0.05, 0) is 63.2 Å². The molecule has 6 rings (SSSR count). The Bertz CT molecular complexity index is 994. The number of nitrogens with zero attached hydrogens (tertiary/aromatic N) is 3. The van der Waals surface area contributed by atoms with E-state index in [4.69, 9.17) is 0 Å². The second kappa shape index (κ2) is 13.0. The Balaban J connectivity index is 0.00000337. The van der Waals surface area contributed by atoms with Crippen LogP contribution >= 0.6 is 0 Å². The molecule has 8 heteroatoms. The van der Waals surface area contributed by atoms with Gasteiger partial charge in [0.15, 0.2) is 0 Å². The molecule has 0 bridgehead atoms. The number of nitrogens with one attached hydrogen (secondary N) is 1. The molecule has 5 fully saturated rings. The van der Waals surface area contributed by atoms with Gasteiger partial charge in [0.2, 0.25) is 11.8 Å². The largest absolute Gasteiger partial charge is 0.391 e. The summed E-state index contributed by atoms with van der Waals surface area (Å²) < 4.78 is 0. The van der Waals surface area contributed by atoms with Crippen molar-refractivity contribution < 1.29 is 19.5 Å². The summed E-state index contributed by atoms with van der Waals surface area (Å²) in [7, 11) is 2.04. The summed E-state index contributed by atoms with van der Waals surface area (Å²) in [4.78, 5) is 47.6. The second-order valence-corrected chi connectivity index (χ2v) is 13.8. The molecule has 0 aromatic heterocycles. The number of β-amino-alcohol motifs (C(OH)–C–C–N with tert-alkyl or cyclic N) is 1. The molecular weight excluding hydrogens is 516 g/mol. The van der Waals surface area contributed by atoms with E-state index in [9.17, 15) is 19.5 Å². The standard InChI is InChI=1S/C32H50N4O4.CH4/c1-34-20-25(24-12-6-8-14-28(24)34)31(39)36-19-23(37)17-29(36)30(38)33-26-16-15-22-11-5-7-13-27(22)35(32(26)40)18-21-9-3-2-4-10-21;/h20-24,26-29,37H,2-19H2,1H3,(H,33,38);1H4/t22?,23?,24?,26?,27?,28?,29-;/m0./s1. The van der Waals surface area contributed by atoms with Crippen LogP contribution < -0.4 is 5.32 Å². The second-order valence-electron chi connectivity index (χ2n) is 13.8. The van der Waals surface area contributed by atoms with Gasteiger partial charge in [0.05, 0.1) is 6.10 Å². The molecule has 8 nitrogen and oxygen atoms in total. The summed E-state index contributed by atoms with van der Waals surface area (Å²) in [5, 5.41) is 13.7. The fraction of sp³-hybridized carbons (Fsp3) is 0.848. The molecule has 3 heterocycles. The van der Waals surface area contributed by atoms with E-state index in [-0.39, 0.29) is 44.0 Å². The van der Waals surface area contributed by atoms with Gasteiger partial charge in [-0.1, -0.05) is 52.4 Å². The van der Waals surface area contributed by atoms with Gasteiger partial charge in [-0.2, -0.15) is 0 Å². The first-order valence-corrected chi connectivity index (χ1v) is 16.4. The van der Waals surface area contributed by atoms with Gasteiger partial charge in [0.25, 0.3) is 5.91 Å². The predicted octanol–water partition coefficient (Wildman–Crippen LogP) is 4.22. The van der Waals surface area contributed by atoms with Crippen molar-refractivity contribution in [1.82, 2.24) is 20.0 Å². The van der Waals surface area contributed by atoms with E-state index in [0.29, 0.717) is 30.3 Å². The summed E-state index contributed by atoms with van der Waals surface area (Å²) in [6.07, 6.45) is 18.3. The molecule has 3 amide bonds. The zero-order valence-electron chi connectivity index (χ0n) is 24.4. The first-order chi connectivity index (χ1) is 19.4. The molecule has 3 aliphatic heterocycles. The quantitative estimate of drug-likeness (QED) is 0.516. The molecule has 3 aliphatic carbocycles. The summed E-state index contributed by atoms with van der Waals surface area (Å²) in [5.74, 6) is 0.967. The van der Waals surface area contributed by atoms with Crippen LogP contribution in [0.25, 0.3) is 0 Å². The zero-order chi connectivity index (χ0) is 27.8. The molecule has 7 atom stereocenters. The average Bonchev–Trinajstić information content (AvgIpc) is 3.50. The SMILES string of the molecule is C.CN1C=C(C(=O)N2CC(O)C[C@H]2C(=O)NC2CCC3CCCCC3N(CC3CCCCC3)C2=O)C2CCCCC21. The number of aliphatic hydroxyl groups is 1. The molecule has 0 radical (unpaired) electrons. The van der Waals surface area contributed by atoms with Crippen molar-refractivity contribution in [2.75, 3.05) is 20.1 Å². The van der Waals surface area contributed by atoms with E-state index in [1.54, 1.807) is 4.90 Å². The van der Waals surface area contributed by atoms with Crippen molar-refractivity contribution in [3.8, 4) is 0 Å². The van der Waals surface area contributed by atoms with Gasteiger partial charge in [0, 0.05) is 56.3 Å². The molecule has 2 saturated heterocycles. The van der Waals surface area contributed by atoms with Crippen molar-refractivity contribution in [1.29, 1.82) is 0 Å². The number of aliphatic hydroxyl groups excluding tert-OH is 1. The van der Waals surface area contributed by atoms with E-state index >= 15 is 0 Å². The molecule has 6 aliphatic rings. The Hall–Kier alpha value is -2.09. The number of amides is 3. The number of fused-ring (bicyclic) bond motifs is 2. The summed E-state index contributed by atoms with van der Waals surface area (Å²) in [6.45, 7) is 0.995. The van der Waals surface area contributed by atoms with Gasteiger partial charge < -0.3 is 25.1 Å². The molecule has 0 aromatic rings. The maximum atomic E-state index is 14.1. The fourth-order valence-corrected chi connectivity index (χ4v) is 9.12. The maximum absolute atomic E-state index is 14.1. The number of hydrogen-bond acceptors (Lipinski definition) is 5. The maximum Gasteiger partial charge on any atom is 0.252 e. The van der Waals surface area contributed by atoms with Crippen molar-refractivity contribution in [3.63, 3.8) is 0 Å². The van der Waals surface area contributed by atoms with Crippen molar-refractivity contribution in [2.24, 2.45) is 17.8 Å². The summed E-state index contributed by atoms with van der Waals surface area (Å²) in [5.41, 5.74) is 0.785. The topological polar surface area (TPSA) is 93.2 Å². The highest BCUT2D eigenvalue weighted by Crippen LogP contribution is 2.40. The van der Waals surface area contributed by atoms with E-state index in [1.807, 2.05) is 13.2 Å². The summed E-state index contributed by atoms with van der Waals surface area (Å²) in [6, 6.07) is -0.626. The average molecular weight is 571 g/mol. The molecule has 0 aromatic carbocycles. The van der Waals surface area contributed by atoms with Gasteiger partial charge in [-0.25, -0.2) is 0 Å². The van der Waals surface area contributed by atoms with Crippen LogP contribution in [0.15, 0.2) is 11.8 Å². The summed E-state index contributed by atoms with van der Waals surface area (Å²) >= 11 is 0. The Morgan fingerprint density at radius 3 is 2.37 bits per heavy atom. The van der Waals surface area contributed by atoms with Crippen LogP contribution in [0, 0.1) is 17.8 Å². The first kappa shape index (κ1) is 30.4. The fourth-order valence-electron chi connectivity index (χ4n) is 9.12. The highest BCUT2D eigenvalue weighted by Gasteiger charge is 2.46. The van der Waals surface area contributed by atoms with Gasteiger partial charge in [0.1, 0.15) is 12.1 Å². The lowest BCUT2D eigenvalue weighted by Gasteiger charge is -2.41. The highest BCUT2D eigenvalue weighted by atomic mass is 16.3. The lowest BCUT2D eigenvalue weighted by molar-refractivity contribution is -0.141. The molecule has 41 heavy (non-hydrogen) atoms. The third-order valence-electron chi connectivity index (χ3n) is 11.3. The van der Waals surface area contributed by atoms with Gasteiger partial charge in [-0.15, -0.1) is 0 Å². The molecule has 0 spiro atoms. The number of carbonyl (C=O) groups excluding carboxylic acids is 3. The van der Waals surface area contributed by atoms with E-state index in [1.165, 1.54) is 57.8 Å². The number of hydrogen-bond donors (Lipinski definition) is 2.